The van der Waals surface area contributed by atoms with Crippen molar-refractivity contribution in [2.24, 2.45) is 0 Å². The minimum absolute atomic E-state index is 0.733. The van der Waals surface area contributed by atoms with Gasteiger partial charge in [0.05, 0.1) is 0 Å². The van der Waals surface area contributed by atoms with Crippen LogP contribution in [-0.2, 0) is 0 Å². The van der Waals surface area contributed by atoms with Crippen LogP contribution >= 0.6 is 11.6 Å². The first kappa shape index (κ1) is 12.2. The summed E-state index contributed by atoms with van der Waals surface area (Å²) in [7, 11) is -1.88. The van der Waals surface area contributed by atoms with Crippen LogP contribution in [-0.4, -0.2) is 8.32 Å². The largest absolute Gasteiger partial charge is 0.540 e. The fraction of sp³-hybridized carbons (Fsp3) is 0.143. The van der Waals surface area contributed by atoms with Gasteiger partial charge in [-0.05, 0) is 42.5 Å². The molecule has 0 saturated carbocycles. The molecule has 0 spiro atoms. The van der Waals surface area contributed by atoms with Crippen molar-refractivity contribution in [3.8, 4) is 5.75 Å². The van der Waals surface area contributed by atoms with Crippen molar-refractivity contribution in [1.29, 1.82) is 0 Å². The molecule has 0 heterocycles. The van der Waals surface area contributed by atoms with E-state index in [0.29, 0.717) is 0 Å². The van der Waals surface area contributed by atoms with E-state index in [1.54, 1.807) is 0 Å². The van der Waals surface area contributed by atoms with Gasteiger partial charge in [-0.2, -0.15) is 0 Å². The Morgan fingerprint density at radius 2 is 1.47 bits per heavy atom. The third-order valence-electron chi connectivity index (χ3n) is 2.66. The topological polar surface area (TPSA) is 9.23 Å². The van der Waals surface area contributed by atoms with Crippen LogP contribution in [0.4, 0.5) is 0 Å². The molecule has 88 valence electrons. The Morgan fingerprint density at radius 3 is 2.06 bits per heavy atom. The molecule has 0 atom stereocenters. The zero-order valence-corrected chi connectivity index (χ0v) is 11.7. The molecule has 0 bridgehead atoms. The van der Waals surface area contributed by atoms with Gasteiger partial charge in [-0.15, -0.1) is 0 Å². The molecule has 0 aliphatic heterocycles. The van der Waals surface area contributed by atoms with E-state index < -0.39 is 8.32 Å². The van der Waals surface area contributed by atoms with Gasteiger partial charge < -0.3 is 4.43 Å². The Bertz CT molecular complexity index is 479. The summed E-state index contributed by atoms with van der Waals surface area (Å²) >= 11 is 5.86. The summed E-state index contributed by atoms with van der Waals surface area (Å²) in [5.74, 6) is 0.884. The third-order valence-corrected chi connectivity index (χ3v) is 5.38. The van der Waals surface area contributed by atoms with E-state index in [2.05, 4.69) is 37.4 Å². The maximum absolute atomic E-state index is 6.12. The molecule has 2 rings (SSSR count). The third kappa shape index (κ3) is 3.11. The minimum Gasteiger partial charge on any atom is -0.540 e. The lowest BCUT2D eigenvalue weighted by Gasteiger charge is -2.24. The molecule has 0 aliphatic rings. The van der Waals surface area contributed by atoms with Crippen LogP contribution in [0.5, 0.6) is 5.75 Å². The summed E-state index contributed by atoms with van der Waals surface area (Å²) in [5.41, 5.74) is 0. The highest BCUT2D eigenvalue weighted by atomic mass is 35.5. The molecule has 0 N–H and O–H groups in total. The van der Waals surface area contributed by atoms with Crippen molar-refractivity contribution in [2.45, 2.75) is 13.1 Å². The molecule has 2 aromatic rings. The Balaban J connectivity index is 2.20. The predicted molar refractivity (Wildman–Crippen MR) is 75.6 cm³/mol. The Hall–Kier alpha value is -1.25. The molecule has 0 fully saturated rings. The number of benzene rings is 2. The van der Waals surface area contributed by atoms with Crippen LogP contribution in [0, 0.1) is 0 Å². The van der Waals surface area contributed by atoms with E-state index in [-0.39, 0.29) is 0 Å². The summed E-state index contributed by atoms with van der Waals surface area (Å²) < 4.78 is 6.12. The molecular formula is C14H15ClOSi. The number of hydrogen-bond donors (Lipinski definition) is 0. The minimum atomic E-state index is -1.88. The average molecular weight is 263 g/mol. The zero-order valence-electron chi connectivity index (χ0n) is 9.98. The van der Waals surface area contributed by atoms with Gasteiger partial charge in [-0.3, -0.25) is 0 Å². The van der Waals surface area contributed by atoms with Gasteiger partial charge in [-0.25, -0.2) is 0 Å². The van der Waals surface area contributed by atoms with E-state index in [4.69, 9.17) is 16.0 Å². The van der Waals surface area contributed by atoms with Crippen molar-refractivity contribution in [3.05, 3.63) is 59.6 Å². The first-order valence-corrected chi connectivity index (χ1v) is 8.87. The lowest BCUT2D eigenvalue weighted by atomic mass is 10.3. The second-order valence-electron chi connectivity index (χ2n) is 4.43. The molecule has 0 radical (unpaired) electrons. The molecule has 17 heavy (non-hydrogen) atoms. The number of hydrogen-bond acceptors (Lipinski definition) is 1. The molecule has 0 aromatic heterocycles. The van der Waals surface area contributed by atoms with E-state index in [0.717, 1.165) is 10.8 Å². The lowest BCUT2D eigenvalue weighted by molar-refractivity contribution is 0.564. The average Bonchev–Trinajstić information content (AvgIpc) is 2.33. The lowest BCUT2D eigenvalue weighted by Crippen LogP contribution is -2.47. The van der Waals surface area contributed by atoms with Gasteiger partial charge in [0.15, 0.2) is 0 Å². The van der Waals surface area contributed by atoms with Crippen LogP contribution in [0.15, 0.2) is 54.6 Å². The van der Waals surface area contributed by atoms with E-state index in [1.165, 1.54) is 5.19 Å². The molecule has 0 aliphatic carbocycles. The molecule has 0 amide bonds. The first-order chi connectivity index (χ1) is 8.08. The van der Waals surface area contributed by atoms with Gasteiger partial charge in [-0.1, -0.05) is 41.9 Å². The summed E-state index contributed by atoms with van der Waals surface area (Å²) in [4.78, 5) is 0. The van der Waals surface area contributed by atoms with E-state index in [9.17, 15) is 0 Å². The van der Waals surface area contributed by atoms with Gasteiger partial charge >= 0.3 is 0 Å². The highest BCUT2D eigenvalue weighted by molar-refractivity contribution is 6.84. The van der Waals surface area contributed by atoms with Crippen LogP contribution < -0.4 is 9.61 Å². The number of halogens is 1. The van der Waals surface area contributed by atoms with Crippen molar-refractivity contribution in [3.63, 3.8) is 0 Å². The molecule has 2 aromatic carbocycles. The standard InChI is InChI=1S/C14H15ClOSi/c1-17(2,14-6-4-3-5-7-14)16-13-10-8-12(15)9-11-13/h3-11H,1-2H3. The second-order valence-corrected chi connectivity index (χ2v) is 8.67. The van der Waals surface area contributed by atoms with Crippen molar-refractivity contribution < 1.29 is 4.43 Å². The quantitative estimate of drug-likeness (QED) is 0.764. The summed E-state index contributed by atoms with van der Waals surface area (Å²) in [6.45, 7) is 4.38. The maximum Gasteiger partial charge on any atom is 0.276 e. The summed E-state index contributed by atoms with van der Waals surface area (Å²) in [6.07, 6.45) is 0. The van der Waals surface area contributed by atoms with Gasteiger partial charge in [0.25, 0.3) is 8.32 Å². The van der Waals surface area contributed by atoms with Crippen LogP contribution in [0.25, 0.3) is 0 Å². The van der Waals surface area contributed by atoms with E-state index in [1.807, 2.05) is 30.3 Å². The van der Waals surface area contributed by atoms with Crippen LogP contribution in [0.1, 0.15) is 0 Å². The van der Waals surface area contributed by atoms with Crippen molar-refractivity contribution in [1.82, 2.24) is 0 Å². The zero-order chi connectivity index (χ0) is 12.3. The van der Waals surface area contributed by atoms with Crippen molar-refractivity contribution >= 4 is 25.1 Å². The van der Waals surface area contributed by atoms with E-state index >= 15 is 0 Å². The fourth-order valence-corrected chi connectivity index (χ4v) is 3.66. The Labute approximate surface area is 108 Å². The molecule has 0 saturated heterocycles. The first-order valence-electron chi connectivity index (χ1n) is 5.58. The Kier molecular flexibility index (Phi) is 3.55. The monoisotopic (exact) mass is 262 g/mol. The fourth-order valence-electron chi connectivity index (χ4n) is 1.70. The smallest absolute Gasteiger partial charge is 0.276 e. The van der Waals surface area contributed by atoms with Gasteiger partial charge in [0, 0.05) is 5.02 Å². The van der Waals surface area contributed by atoms with Crippen LogP contribution in [0.2, 0.25) is 18.1 Å². The van der Waals surface area contributed by atoms with Gasteiger partial charge in [0.2, 0.25) is 0 Å². The maximum atomic E-state index is 6.12. The second kappa shape index (κ2) is 4.94. The van der Waals surface area contributed by atoms with Gasteiger partial charge in [0.1, 0.15) is 5.75 Å². The molecular weight excluding hydrogens is 248 g/mol. The van der Waals surface area contributed by atoms with Crippen molar-refractivity contribution in [2.75, 3.05) is 0 Å². The van der Waals surface area contributed by atoms with Crippen LogP contribution in [0.3, 0.4) is 0 Å². The predicted octanol–water partition coefficient (Wildman–Crippen LogP) is 3.83. The molecule has 3 heteroatoms. The highest BCUT2D eigenvalue weighted by Gasteiger charge is 2.26. The SMILES string of the molecule is C[Si](C)(Oc1ccc(Cl)cc1)c1ccccc1. The highest BCUT2D eigenvalue weighted by Crippen LogP contribution is 2.19. The number of rotatable bonds is 3. The molecule has 0 unspecified atom stereocenters. The summed E-state index contributed by atoms with van der Waals surface area (Å²) in [5, 5.41) is 2.02. The Morgan fingerprint density at radius 1 is 0.882 bits per heavy atom. The molecule has 1 nitrogen and oxygen atoms in total. The summed E-state index contributed by atoms with van der Waals surface area (Å²) in [6, 6.07) is 17.9. The normalized spacial score (nSPS) is 11.2.